The predicted molar refractivity (Wildman–Crippen MR) is 115 cm³/mol. The molecule has 9 heteroatoms. The van der Waals surface area contributed by atoms with Gasteiger partial charge in [-0.15, -0.1) is 0 Å². The van der Waals surface area contributed by atoms with E-state index in [0.29, 0.717) is 22.4 Å². The molecule has 0 saturated carbocycles. The third kappa shape index (κ3) is 5.22. The molecular weight excluding hydrogens is 403 g/mol. The summed E-state index contributed by atoms with van der Waals surface area (Å²) in [5, 5.41) is 10.1. The third-order valence-corrected chi connectivity index (χ3v) is 4.59. The molecule has 8 nitrogen and oxygen atoms in total. The normalized spacial score (nSPS) is 12.8. The van der Waals surface area contributed by atoms with Crippen molar-refractivity contribution in [3.8, 4) is 0 Å². The molecule has 0 saturated heterocycles. The Balaban J connectivity index is 1.74. The molecule has 0 spiro atoms. The minimum Gasteiger partial charge on any atom is -0.459 e. The SMILES string of the molecule is Cc1c([C@@H](NC(=O)Nc2cnn(C(=O)OC(C)(C)C)c2)C(C)C)oc2ccc(F)cc12. The van der Waals surface area contributed by atoms with E-state index in [-0.39, 0.29) is 11.7 Å². The van der Waals surface area contributed by atoms with Crippen LogP contribution in [0.15, 0.2) is 35.0 Å². The second kappa shape index (κ2) is 8.41. The highest BCUT2D eigenvalue weighted by Crippen LogP contribution is 2.33. The van der Waals surface area contributed by atoms with E-state index in [4.69, 9.17) is 9.15 Å². The molecule has 31 heavy (non-hydrogen) atoms. The van der Waals surface area contributed by atoms with Crippen molar-refractivity contribution >= 4 is 28.8 Å². The number of furan rings is 1. The zero-order chi connectivity index (χ0) is 22.9. The molecule has 0 bridgehead atoms. The van der Waals surface area contributed by atoms with Crippen molar-refractivity contribution in [3.63, 3.8) is 0 Å². The van der Waals surface area contributed by atoms with Crippen molar-refractivity contribution in [2.75, 3.05) is 5.32 Å². The molecule has 0 unspecified atom stereocenters. The standard InChI is InChI=1S/C22H27FN4O4/c1-12(2)18(19-13(3)16-9-14(23)7-8-17(16)30-19)26-20(28)25-15-10-24-27(11-15)21(29)31-22(4,5)6/h7-12,18H,1-6H3,(H2,25,26,28)/t18-/m0/s1. The minimum atomic E-state index is -0.661. The van der Waals surface area contributed by atoms with Crippen LogP contribution in [0.5, 0.6) is 0 Å². The second-order valence-electron chi connectivity index (χ2n) is 8.71. The lowest BCUT2D eigenvalue weighted by atomic mass is 9.98. The number of urea groups is 1. The Hall–Kier alpha value is -3.36. The summed E-state index contributed by atoms with van der Waals surface area (Å²) in [4.78, 5) is 24.7. The molecule has 2 N–H and O–H groups in total. The van der Waals surface area contributed by atoms with Crippen LogP contribution < -0.4 is 10.6 Å². The van der Waals surface area contributed by atoms with Gasteiger partial charge in [0.05, 0.1) is 24.1 Å². The van der Waals surface area contributed by atoms with E-state index in [2.05, 4.69) is 15.7 Å². The molecule has 0 radical (unpaired) electrons. The Bertz CT molecular complexity index is 1110. The lowest BCUT2D eigenvalue weighted by molar-refractivity contribution is 0.0514. The smallest absolute Gasteiger partial charge is 0.435 e. The van der Waals surface area contributed by atoms with Crippen LogP contribution in [0.4, 0.5) is 19.7 Å². The van der Waals surface area contributed by atoms with Gasteiger partial charge in [0.2, 0.25) is 0 Å². The minimum absolute atomic E-state index is 0.000606. The molecule has 3 aromatic rings. The van der Waals surface area contributed by atoms with E-state index in [9.17, 15) is 14.0 Å². The fraction of sp³-hybridized carbons (Fsp3) is 0.409. The maximum absolute atomic E-state index is 13.6. The van der Waals surface area contributed by atoms with E-state index >= 15 is 0 Å². The number of carbonyl (C=O) groups is 2. The average molecular weight is 430 g/mol. The van der Waals surface area contributed by atoms with Gasteiger partial charge in [-0.2, -0.15) is 9.78 Å². The Morgan fingerprint density at radius 3 is 2.61 bits per heavy atom. The van der Waals surface area contributed by atoms with Crippen LogP contribution in [0.2, 0.25) is 0 Å². The van der Waals surface area contributed by atoms with Crippen molar-refractivity contribution < 1.29 is 23.1 Å². The number of aryl methyl sites for hydroxylation is 1. The number of hydrogen-bond acceptors (Lipinski definition) is 5. The summed E-state index contributed by atoms with van der Waals surface area (Å²) in [7, 11) is 0. The quantitative estimate of drug-likeness (QED) is 0.579. The maximum Gasteiger partial charge on any atom is 0.435 e. The zero-order valence-electron chi connectivity index (χ0n) is 18.4. The Kier molecular flexibility index (Phi) is 6.06. The van der Waals surface area contributed by atoms with Gasteiger partial charge in [-0.25, -0.2) is 14.0 Å². The zero-order valence-corrected chi connectivity index (χ0v) is 18.4. The van der Waals surface area contributed by atoms with Crippen LogP contribution in [-0.4, -0.2) is 27.5 Å². The largest absolute Gasteiger partial charge is 0.459 e. The van der Waals surface area contributed by atoms with Gasteiger partial charge in [-0.05, 0) is 51.8 Å². The van der Waals surface area contributed by atoms with E-state index < -0.39 is 23.8 Å². The highest BCUT2D eigenvalue weighted by atomic mass is 19.1. The number of carbonyl (C=O) groups excluding carboxylic acids is 2. The molecule has 0 aliphatic heterocycles. The van der Waals surface area contributed by atoms with Gasteiger partial charge in [0, 0.05) is 10.9 Å². The topological polar surface area (TPSA) is 98.4 Å². The molecule has 2 heterocycles. The van der Waals surface area contributed by atoms with Crippen LogP contribution in [0.3, 0.4) is 0 Å². The fourth-order valence-corrected chi connectivity index (χ4v) is 3.15. The summed E-state index contributed by atoms with van der Waals surface area (Å²) < 4.78 is 25.8. The highest BCUT2D eigenvalue weighted by molar-refractivity contribution is 5.90. The average Bonchev–Trinajstić information content (AvgIpc) is 3.23. The van der Waals surface area contributed by atoms with Gasteiger partial charge in [0.25, 0.3) is 0 Å². The molecule has 2 amide bonds. The van der Waals surface area contributed by atoms with Crippen LogP contribution in [0, 0.1) is 18.7 Å². The molecular formula is C22H27FN4O4. The molecule has 166 valence electrons. The van der Waals surface area contributed by atoms with Gasteiger partial charge in [0.15, 0.2) is 0 Å². The number of anilines is 1. The van der Waals surface area contributed by atoms with Crippen LogP contribution in [0.25, 0.3) is 11.0 Å². The predicted octanol–water partition coefficient (Wildman–Crippen LogP) is 5.38. The number of rotatable bonds is 4. The highest BCUT2D eigenvalue weighted by Gasteiger charge is 2.26. The second-order valence-corrected chi connectivity index (χ2v) is 8.71. The number of nitrogens with one attached hydrogen (secondary N) is 2. The molecule has 2 aromatic heterocycles. The summed E-state index contributed by atoms with van der Waals surface area (Å²) >= 11 is 0. The van der Waals surface area contributed by atoms with Crippen molar-refractivity contribution in [1.82, 2.24) is 15.1 Å². The number of fused-ring (bicyclic) bond motifs is 1. The lowest BCUT2D eigenvalue weighted by Gasteiger charge is -2.21. The van der Waals surface area contributed by atoms with Crippen molar-refractivity contribution in [3.05, 3.63) is 47.7 Å². The van der Waals surface area contributed by atoms with Gasteiger partial charge in [0.1, 0.15) is 22.8 Å². The van der Waals surface area contributed by atoms with E-state index in [1.165, 1.54) is 24.5 Å². The Labute approximate surface area is 179 Å². The van der Waals surface area contributed by atoms with Gasteiger partial charge >= 0.3 is 12.1 Å². The molecule has 1 atom stereocenters. The number of benzene rings is 1. The number of hydrogen-bond donors (Lipinski definition) is 2. The summed E-state index contributed by atoms with van der Waals surface area (Å²) in [5.41, 5.74) is 0.993. The molecule has 0 fully saturated rings. The first-order chi connectivity index (χ1) is 14.4. The van der Waals surface area contributed by atoms with Gasteiger partial charge in [-0.3, -0.25) is 0 Å². The summed E-state index contributed by atoms with van der Waals surface area (Å²) in [6, 6.07) is 3.39. The Morgan fingerprint density at radius 2 is 1.97 bits per heavy atom. The lowest BCUT2D eigenvalue weighted by Crippen LogP contribution is -2.35. The summed E-state index contributed by atoms with van der Waals surface area (Å²) in [6.45, 7) is 11.0. The van der Waals surface area contributed by atoms with E-state index in [1.807, 2.05) is 20.8 Å². The van der Waals surface area contributed by atoms with Crippen LogP contribution >= 0.6 is 0 Å². The van der Waals surface area contributed by atoms with E-state index in [0.717, 1.165) is 10.2 Å². The summed E-state index contributed by atoms with van der Waals surface area (Å²) in [5.74, 6) is 0.214. The number of amides is 2. The number of halogens is 1. The first-order valence-corrected chi connectivity index (χ1v) is 9.98. The molecule has 0 aliphatic carbocycles. The van der Waals surface area contributed by atoms with E-state index in [1.54, 1.807) is 26.8 Å². The Morgan fingerprint density at radius 1 is 1.26 bits per heavy atom. The fourth-order valence-electron chi connectivity index (χ4n) is 3.15. The van der Waals surface area contributed by atoms with Gasteiger partial charge < -0.3 is 19.8 Å². The van der Waals surface area contributed by atoms with Crippen LogP contribution in [0.1, 0.15) is 52.0 Å². The number of ether oxygens (including phenoxy) is 1. The number of nitrogens with zero attached hydrogens (tertiary/aromatic N) is 2. The molecule has 1 aromatic carbocycles. The van der Waals surface area contributed by atoms with Crippen molar-refractivity contribution in [2.45, 2.75) is 53.2 Å². The van der Waals surface area contributed by atoms with Gasteiger partial charge in [-0.1, -0.05) is 13.8 Å². The van der Waals surface area contributed by atoms with Crippen LogP contribution in [-0.2, 0) is 4.74 Å². The monoisotopic (exact) mass is 430 g/mol. The number of aromatic nitrogens is 2. The molecule has 0 aliphatic rings. The first-order valence-electron chi connectivity index (χ1n) is 9.98. The maximum atomic E-state index is 13.6. The van der Waals surface area contributed by atoms with Crippen molar-refractivity contribution in [1.29, 1.82) is 0 Å². The third-order valence-electron chi connectivity index (χ3n) is 4.59. The summed E-state index contributed by atoms with van der Waals surface area (Å²) in [6.07, 6.45) is 2.07. The first kappa shape index (κ1) is 22.3. The molecule has 3 rings (SSSR count). The van der Waals surface area contributed by atoms with Crippen molar-refractivity contribution in [2.24, 2.45) is 5.92 Å².